The third-order valence-electron chi connectivity index (χ3n) is 3.91. The highest BCUT2D eigenvalue weighted by Crippen LogP contribution is 2.20. The number of Topliss-reactive ketones (excluding diaryl/α,β-unsaturated/α-hetero) is 1. The molecule has 0 aliphatic rings. The maximum Gasteiger partial charge on any atom is 0.159 e. The van der Waals surface area contributed by atoms with Gasteiger partial charge in [-0.2, -0.15) is 0 Å². The summed E-state index contributed by atoms with van der Waals surface area (Å²) in [5.41, 5.74) is 0.865. The predicted molar refractivity (Wildman–Crippen MR) is 73.3 cm³/mol. The molecule has 2 heteroatoms. The molecule has 0 amide bonds. The second-order valence-electron chi connectivity index (χ2n) is 4.48. The zero-order chi connectivity index (χ0) is 12.2. The van der Waals surface area contributed by atoms with Gasteiger partial charge in [-0.15, -0.1) is 0 Å². The molecule has 0 heterocycles. The van der Waals surface area contributed by atoms with Gasteiger partial charge in [0.1, 0.15) is 0 Å². The number of benzene rings is 1. The highest BCUT2D eigenvalue weighted by Gasteiger charge is 2.29. The SMILES string of the molecule is CC[Si](CC)(CC)c1cccc(C(C)=O)c1. The minimum atomic E-state index is -1.32. The van der Waals surface area contributed by atoms with Crippen molar-refractivity contribution in [1.82, 2.24) is 0 Å². The zero-order valence-corrected chi connectivity index (χ0v) is 11.8. The van der Waals surface area contributed by atoms with Crippen molar-refractivity contribution in [3.05, 3.63) is 29.8 Å². The van der Waals surface area contributed by atoms with E-state index in [9.17, 15) is 4.79 Å². The number of ketones is 1. The van der Waals surface area contributed by atoms with Crippen molar-refractivity contribution >= 4 is 19.0 Å². The van der Waals surface area contributed by atoms with Crippen LogP contribution in [0.5, 0.6) is 0 Å². The highest BCUT2D eigenvalue weighted by molar-refractivity contribution is 6.91. The van der Waals surface area contributed by atoms with Crippen LogP contribution in [0.4, 0.5) is 0 Å². The van der Waals surface area contributed by atoms with Gasteiger partial charge < -0.3 is 0 Å². The molecule has 1 rings (SSSR count). The third-order valence-corrected chi connectivity index (χ3v) is 9.51. The first-order chi connectivity index (χ1) is 7.59. The van der Waals surface area contributed by atoms with E-state index in [1.807, 2.05) is 12.1 Å². The van der Waals surface area contributed by atoms with Crippen LogP contribution >= 0.6 is 0 Å². The Balaban J connectivity index is 3.20. The molecule has 1 aromatic rings. The first-order valence-corrected chi connectivity index (χ1v) is 8.83. The Morgan fingerprint density at radius 3 is 2.12 bits per heavy atom. The average molecular weight is 234 g/mol. The number of carbonyl (C=O) groups excluding carboxylic acids is 1. The Morgan fingerprint density at radius 2 is 1.69 bits per heavy atom. The van der Waals surface area contributed by atoms with Crippen LogP contribution < -0.4 is 5.19 Å². The van der Waals surface area contributed by atoms with Gasteiger partial charge in [-0.05, 0) is 6.92 Å². The Morgan fingerprint density at radius 1 is 1.12 bits per heavy atom. The lowest BCUT2D eigenvalue weighted by molar-refractivity contribution is 0.101. The summed E-state index contributed by atoms with van der Waals surface area (Å²) >= 11 is 0. The monoisotopic (exact) mass is 234 g/mol. The fraction of sp³-hybridized carbons (Fsp3) is 0.500. The van der Waals surface area contributed by atoms with Gasteiger partial charge in [0.25, 0.3) is 0 Å². The lowest BCUT2D eigenvalue weighted by Crippen LogP contribution is -2.45. The molecule has 88 valence electrons. The van der Waals surface area contributed by atoms with E-state index in [1.165, 1.54) is 23.3 Å². The van der Waals surface area contributed by atoms with E-state index in [1.54, 1.807) is 6.92 Å². The molecular formula is C14H22OSi. The fourth-order valence-corrected chi connectivity index (χ4v) is 6.07. The molecule has 0 saturated carbocycles. The Kier molecular flexibility index (Phi) is 4.48. The van der Waals surface area contributed by atoms with Crippen molar-refractivity contribution in [2.24, 2.45) is 0 Å². The summed E-state index contributed by atoms with van der Waals surface area (Å²) in [7, 11) is -1.32. The van der Waals surface area contributed by atoms with Crippen LogP contribution in [0.3, 0.4) is 0 Å². The molecule has 0 saturated heterocycles. The van der Waals surface area contributed by atoms with Gasteiger partial charge in [0.05, 0.1) is 8.07 Å². The normalized spacial score (nSPS) is 11.5. The van der Waals surface area contributed by atoms with E-state index in [0.29, 0.717) is 0 Å². The van der Waals surface area contributed by atoms with E-state index in [0.717, 1.165) is 5.56 Å². The predicted octanol–water partition coefficient (Wildman–Crippen LogP) is 3.60. The Bertz CT molecular complexity index is 358. The van der Waals surface area contributed by atoms with Crippen molar-refractivity contribution in [3.63, 3.8) is 0 Å². The van der Waals surface area contributed by atoms with Crippen molar-refractivity contribution in [1.29, 1.82) is 0 Å². The molecule has 16 heavy (non-hydrogen) atoms. The molecule has 0 aromatic heterocycles. The topological polar surface area (TPSA) is 17.1 Å². The molecule has 1 aromatic carbocycles. The number of hydrogen-bond acceptors (Lipinski definition) is 1. The summed E-state index contributed by atoms with van der Waals surface area (Å²) < 4.78 is 0. The largest absolute Gasteiger partial charge is 0.295 e. The zero-order valence-electron chi connectivity index (χ0n) is 10.8. The highest BCUT2D eigenvalue weighted by atomic mass is 28.3. The minimum Gasteiger partial charge on any atom is -0.295 e. The summed E-state index contributed by atoms with van der Waals surface area (Å²) in [6, 6.07) is 12.1. The second kappa shape index (κ2) is 5.44. The molecule has 0 fully saturated rings. The van der Waals surface area contributed by atoms with E-state index >= 15 is 0 Å². The van der Waals surface area contributed by atoms with Crippen LogP contribution in [0.15, 0.2) is 24.3 Å². The number of rotatable bonds is 5. The quantitative estimate of drug-likeness (QED) is 0.562. The summed E-state index contributed by atoms with van der Waals surface area (Å²) in [5.74, 6) is 0.174. The Hall–Kier alpha value is -0.893. The second-order valence-corrected chi connectivity index (χ2v) is 9.74. The standard InChI is InChI=1S/C14H22OSi/c1-5-16(6-2,7-3)14-10-8-9-13(11-14)12(4)15/h8-11H,5-7H2,1-4H3. The van der Waals surface area contributed by atoms with Crippen LogP contribution in [0.25, 0.3) is 0 Å². The van der Waals surface area contributed by atoms with Crippen LogP contribution in [0, 0.1) is 0 Å². The number of carbonyl (C=O) groups is 1. The van der Waals surface area contributed by atoms with E-state index in [2.05, 4.69) is 32.9 Å². The third kappa shape index (κ3) is 2.43. The molecule has 0 aliphatic carbocycles. The summed E-state index contributed by atoms with van der Waals surface area (Å²) in [6.45, 7) is 8.52. The van der Waals surface area contributed by atoms with Crippen LogP contribution in [-0.4, -0.2) is 13.9 Å². The maximum absolute atomic E-state index is 11.4. The number of hydrogen-bond donors (Lipinski definition) is 0. The van der Waals surface area contributed by atoms with E-state index in [-0.39, 0.29) is 5.78 Å². The van der Waals surface area contributed by atoms with Gasteiger partial charge in [0, 0.05) is 5.56 Å². The van der Waals surface area contributed by atoms with Gasteiger partial charge in [-0.1, -0.05) is 68.4 Å². The lowest BCUT2D eigenvalue weighted by atomic mass is 10.2. The molecule has 0 aliphatic heterocycles. The molecule has 0 radical (unpaired) electrons. The molecular weight excluding hydrogens is 212 g/mol. The van der Waals surface area contributed by atoms with Crippen molar-refractivity contribution < 1.29 is 4.79 Å². The van der Waals surface area contributed by atoms with Gasteiger partial charge in [-0.25, -0.2) is 0 Å². The molecule has 0 unspecified atom stereocenters. The van der Waals surface area contributed by atoms with Crippen LogP contribution in [0.2, 0.25) is 18.1 Å². The van der Waals surface area contributed by atoms with Gasteiger partial charge in [-0.3, -0.25) is 4.79 Å². The van der Waals surface area contributed by atoms with Crippen LogP contribution in [-0.2, 0) is 0 Å². The molecule has 0 spiro atoms. The van der Waals surface area contributed by atoms with E-state index in [4.69, 9.17) is 0 Å². The summed E-state index contributed by atoms with van der Waals surface area (Å²) in [5, 5.41) is 1.45. The maximum atomic E-state index is 11.4. The van der Waals surface area contributed by atoms with Crippen molar-refractivity contribution in [3.8, 4) is 0 Å². The fourth-order valence-electron chi connectivity index (χ4n) is 2.43. The first-order valence-electron chi connectivity index (χ1n) is 6.21. The molecule has 1 nitrogen and oxygen atoms in total. The summed E-state index contributed by atoms with van der Waals surface area (Å²) in [6.07, 6.45) is 0. The lowest BCUT2D eigenvalue weighted by Gasteiger charge is -2.28. The molecule has 0 N–H and O–H groups in total. The minimum absolute atomic E-state index is 0.174. The van der Waals surface area contributed by atoms with Gasteiger partial charge in [0.15, 0.2) is 5.78 Å². The molecule has 0 atom stereocenters. The smallest absolute Gasteiger partial charge is 0.159 e. The van der Waals surface area contributed by atoms with Gasteiger partial charge >= 0.3 is 0 Å². The van der Waals surface area contributed by atoms with Crippen molar-refractivity contribution in [2.45, 2.75) is 45.8 Å². The Labute approximate surface area is 99.9 Å². The van der Waals surface area contributed by atoms with E-state index < -0.39 is 8.07 Å². The van der Waals surface area contributed by atoms with Crippen molar-refractivity contribution in [2.75, 3.05) is 0 Å². The molecule has 0 bridgehead atoms. The summed E-state index contributed by atoms with van der Waals surface area (Å²) in [4.78, 5) is 11.4. The average Bonchev–Trinajstić information content (AvgIpc) is 2.32. The van der Waals surface area contributed by atoms with Crippen LogP contribution in [0.1, 0.15) is 38.1 Å². The van der Waals surface area contributed by atoms with Gasteiger partial charge in [0.2, 0.25) is 0 Å². The first kappa shape index (κ1) is 13.2.